The van der Waals surface area contributed by atoms with E-state index in [4.69, 9.17) is 4.74 Å². The van der Waals surface area contributed by atoms with Crippen molar-refractivity contribution in [3.63, 3.8) is 0 Å². The molecular formula is C9H10N2O4. The summed E-state index contributed by atoms with van der Waals surface area (Å²) in [6.45, 7) is 1.76. The Morgan fingerprint density at radius 3 is 2.80 bits per heavy atom. The van der Waals surface area contributed by atoms with Crippen LogP contribution in [0.2, 0.25) is 0 Å². The van der Waals surface area contributed by atoms with E-state index in [9.17, 15) is 9.59 Å². The van der Waals surface area contributed by atoms with Crippen LogP contribution in [0.25, 0.3) is 0 Å². The minimum atomic E-state index is -0.932. The lowest BCUT2D eigenvalue weighted by Crippen LogP contribution is -2.19. The maximum absolute atomic E-state index is 11.4. The molecule has 1 aromatic rings. The molecule has 0 saturated carbocycles. The van der Waals surface area contributed by atoms with Gasteiger partial charge in [-0.1, -0.05) is 0 Å². The van der Waals surface area contributed by atoms with Gasteiger partial charge in [-0.25, -0.2) is 9.78 Å². The summed E-state index contributed by atoms with van der Waals surface area (Å²) in [6, 6.07) is 1.35. The highest BCUT2D eigenvalue weighted by Crippen LogP contribution is 2.03. The van der Waals surface area contributed by atoms with Crippen molar-refractivity contribution in [3.8, 4) is 6.01 Å². The Hall–Kier alpha value is -1.98. The highest BCUT2D eigenvalue weighted by Gasteiger charge is 2.19. The van der Waals surface area contributed by atoms with Gasteiger partial charge in [-0.2, -0.15) is 4.98 Å². The van der Waals surface area contributed by atoms with Crippen LogP contribution in [0.3, 0.4) is 0 Å². The first kappa shape index (κ1) is 11.1. The van der Waals surface area contributed by atoms with Gasteiger partial charge in [-0.3, -0.25) is 4.79 Å². The molecule has 1 heterocycles. The molecular weight excluding hydrogens is 200 g/mol. The summed E-state index contributed by atoms with van der Waals surface area (Å²) >= 11 is 0. The van der Waals surface area contributed by atoms with Gasteiger partial charge in [-0.15, -0.1) is 0 Å². The summed E-state index contributed by atoms with van der Waals surface area (Å²) < 4.78 is 9.26. The molecule has 0 spiro atoms. The molecule has 0 aromatic carbocycles. The number of hydrogen-bond donors (Lipinski definition) is 0. The number of ether oxygens (including phenoxy) is 2. The van der Waals surface area contributed by atoms with Gasteiger partial charge in [-0.05, 0) is 13.0 Å². The van der Waals surface area contributed by atoms with Gasteiger partial charge < -0.3 is 9.47 Å². The standard InChI is InChI=1S/C9H10N2O4/c1-3-15-8(13)7(12)6-4-5-10-9(11-6)14-2/h4-5H,3H2,1-2H3. The monoisotopic (exact) mass is 210 g/mol. The third-order valence-electron chi connectivity index (χ3n) is 1.51. The summed E-state index contributed by atoms with van der Waals surface area (Å²) in [5, 5.41) is 0. The van der Waals surface area contributed by atoms with Gasteiger partial charge in [0.05, 0.1) is 13.7 Å². The van der Waals surface area contributed by atoms with Gasteiger partial charge in [0, 0.05) is 6.20 Å². The third kappa shape index (κ3) is 2.73. The molecule has 0 aliphatic heterocycles. The number of nitrogens with zero attached hydrogens (tertiary/aromatic N) is 2. The van der Waals surface area contributed by atoms with E-state index in [0.717, 1.165) is 0 Å². The molecule has 1 aromatic heterocycles. The van der Waals surface area contributed by atoms with Crippen LogP contribution in [-0.2, 0) is 9.53 Å². The zero-order valence-corrected chi connectivity index (χ0v) is 8.39. The van der Waals surface area contributed by atoms with Crippen LogP contribution in [0.15, 0.2) is 12.3 Å². The first-order chi connectivity index (χ1) is 7.19. The molecule has 0 fully saturated rings. The van der Waals surface area contributed by atoms with Crippen LogP contribution in [0, 0.1) is 0 Å². The Labute approximate surface area is 86.2 Å². The quantitative estimate of drug-likeness (QED) is 0.402. The number of hydrogen-bond acceptors (Lipinski definition) is 6. The van der Waals surface area contributed by atoms with E-state index in [1.807, 2.05) is 0 Å². The maximum atomic E-state index is 11.4. The first-order valence-electron chi connectivity index (χ1n) is 4.27. The van der Waals surface area contributed by atoms with Crippen LogP contribution >= 0.6 is 0 Å². The fourth-order valence-electron chi connectivity index (χ4n) is 0.867. The number of rotatable bonds is 4. The number of carbonyl (C=O) groups excluding carboxylic acids is 2. The van der Waals surface area contributed by atoms with Crippen LogP contribution in [0.4, 0.5) is 0 Å². The zero-order chi connectivity index (χ0) is 11.3. The van der Waals surface area contributed by atoms with E-state index < -0.39 is 11.8 Å². The fourth-order valence-corrected chi connectivity index (χ4v) is 0.867. The number of ketones is 1. The van der Waals surface area contributed by atoms with E-state index in [0.29, 0.717) is 0 Å². The third-order valence-corrected chi connectivity index (χ3v) is 1.51. The molecule has 80 valence electrons. The number of Topliss-reactive ketones (excluding diaryl/α,β-unsaturated/α-hetero) is 1. The normalized spacial score (nSPS) is 9.47. The van der Waals surface area contributed by atoms with Crippen molar-refractivity contribution < 1.29 is 19.1 Å². The summed E-state index contributed by atoms with van der Waals surface area (Å²) in [6.07, 6.45) is 1.33. The molecule has 15 heavy (non-hydrogen) atoms. The molecule has 0 aliphatic rings. The van der Waals surface area contributed by atoms with Crippen molar-refractivity contribution in [2.24, 2.45) is 0 Å². The Balaban J connectivity index is 2.86. The molecule has 0 atom stereocenters. The average molecular weight is 210 g/mol. The minimum Gasteiger partial charge on any atom is -0.467 e. The van der Waals surface area contributed by atoms with Gasteiger partial charge >= 0.3 is 12.0 Å². The van der Waals surface area contributed by atoms with E-state index >= 15 is 0 Å². The van der Waals surface area contributed by atoms with Crippen LogP contribution in [-0.4, -0.2) is 35.4 Å². The topological polar surface area (TPSA) is 78.4 Å². The van der Waals surface area contributed by atoms with E-state index in [1.165, 1.54) is 19.4 Å². The summed E-state index contributed by atoms with van der Waals surface area (Å²) in [5.41, 5.74) is -0.0414. The maximum Gasteiger partial charge on any atom is 0.381 e. The highest BCUT2D eigenvalue weighted by atomic mass is 16.5. The second kappa shape index (κ2) is 5.04. The van der Waals surface area contributed by atoms with Gasteiger partial charge in [0.25, 0.3) is 5.78 Å². The van der Waals surface area contributed by atoms with Crippen molar-refractivity contribution in [1.29, 1.82) is 0 Å². The number of esters is 1. The molecule has 0 radical (unpaired) electrons. The van der Waals surface area contributed by atoms with Crippen molar-refractivity contribution in [2.75, 3.05) is 13.7 Å². The largest absolute Gasteiger partial charge is 0.467 e. The van der Waals surface area contributed by atoms with Gasteiger partial charge in [0.15, 0.2) is 0 Å². The average Bonchev–Trinajstić information content (AvgIpc) is 2.28. The van der Waals surface area contributed by atoms with E-state index in [1.54, 1.807) is 6.92 Å². The Morgan fingerprint density at radius 2 is 2.20 bits per heavy atom. The van der Waals surface area contributed by atoms with Crippen molar-refractivity contribution >= 4 is 11.8 Å². The SMILES string of the molecule is CCOC(=O)C(=O)c1ccnc(OC)n1. The lowest BCUT2D eigenvalue weighted by molar-refractivity contribution is -0.137. The first-order valence-corrected chi connectivity index (χ1v) is 4.27. The smallest absolute Gasteiger partial charge is 0.381 e. The van der Waals surface area contributed by atoms with Crippen molar-refractivity contribution in [2.45, 2.75) is 6.92 Å². The van der Waals surface area contributed by atoms with Crippen molar-refractivity contribution in [3.05, 3.63) is 18.0 Å². The predicted molar refractivity (Wildman–Crippen MR) is 49.5 cm³/mol. The van der Waals surface area contributed by atoms with E-state index in [2.05, 4.69) is 14.7 Å². The summed E-state index contributed by atoms with van der Waals surface area (Å²) in [7, 11) is 1.37. The molecule has 0 N–H and O–H groups in total. The van der Waals surface area contributed by atoms with Gasteiger partial charge in [0.1, 0.15) is 5.69 Å². The molecule has 6 nitrogen and oxygen atoms in total. The Bertz CT molecular complexity index is 378. The minimum absolute atomic E-state index is 0.0325. The Morgan fingerprint density at radius 1 is 1.47 bits per heavy atom. The number of carbonyl (C=O) groups is 2. The lowest BCUT2D eigenvalue weighted by atomic mass is 10.3. The van der Waals surface area contributed by atoms with E-state index in [-0.39, 0.29) is 18.3 Å². The molecule has 1 rings (SSSR count). The predicted octanol–water partition coefficient (Wildman–Crippen LogP) is 0.231. The van der Waals surface area contributed by atoms with Crippen LogP contribution in [0.1, 0.15) is 17.4 Å². The second-order valence-electron chi connectivity index (χ2n) is 2.48. The molecule has 0 bridgehead atoms. The molecule has 6 heteroatoms. The molecule has 0 unspecified atom stereocenters. The number of methoxy groups -OCH3 is 1. The van der Waals surface area contributed by atoms with Crippen molar-refractivity contribution in [1.82, 2.24) is 9.97 Å². The van der Waals surface area contributed by atoms with Gasteiger partial charge in [0.2, 0.25) is 0 Å². The van der Waals surface area contributed by atoms with Crippen LogP contribution < -0.4 is 4.74 Å². The Kier molecular flexibility index (Phi) is 3.73. The highest BCUT2D eigenvalue weighted by molar-refractivity contribution is 6.40. The fraction of sp³-hybridized carbons (Fsp3) is 0.333. The zero-order valence-electron chi connectivity index (χ0n) is 8.39. The molecule has 0 aliphatic carbocycles. The second-order valence-corrected chi connectivity index (χ2v) is 2.48. The lowest BCUT2D eigenvalue weighted by Gasteiger charge is -2.01. The summed E-state index contributed by atoms with van der Waals surface area (Å²) in [5.74, 6) is -1.74. The summed E-state index contributed by atoms with van der Waals surface area (Å²) in [4.78, 5) is 29.9. The number of aromatic nitrogens is 2. The van der Waals surface area contributed by atoms with Crippen LogP contribution in [0.5, 0.6) is 6.01 Å². The molecule has 0 amide bonds. The molecule has 0 saturated heterocycles.